The Labute approximate surface area is 189 Å². The third kappa shape index (κ3) is 5.82. The van der Waals surface area contributed by atoms with E-state index in [9.17, 15) is 0 Å². The van der Waals surface area contributed by atoms with Gasteiger partial charge >= 0.3 is 0 Å². The molecule has 0 amide bonds. The summed E-state index contributed by atoms with van der Waals surface area (Å²) >= 11 is 0. The maximum absolute atomic E-state index is 4.51. The van der Waals surface area contributed by atoms with Crippen molar-refractivity contribution in [3.63, 3.8) is 0 Å². The quantitative estimate of drug-likeness (QED) is 0.332. The van der Waals surface area contributed by atoms with Gasteiger partial charge in [-0.3, -0.25) is 9.56 Å². The number of rotatable bonds is 8. The van der Waals surface area contributed by atoms with Gasteiger partial charge in [0.25, 0.3) is 0 Å². The van der Waals surface area contributed by atoms with Crippen molar-refractivity contribution in [1.29, 1.82) is 0 Å². The number of imidazole rings is 1. The molecule has 2 heterocycles. The number of hydrogen-bond acceptors (Lipinski definition) is 3. The summed E-state index contributed by atoms with van der Waals surface area (Å²) in [5.74, 6) is 1.96. The van der Waals surface area contributed by atoms with E-state index in [2.05, 4.69) is 92.3 Å². The monoisotopic (exact) mass is 424 g/mol. The summed E-state index contributed by atoms with van der Waals surface area (Å²) in [5.41, 5.74) is 3.73. The number of benzene rings is 2. The largest absolute Gasteiger partial charge is 0.356 e. The van der Waals surface area contributed by atoms with Crippen molar-refractivity contribution < 1.29 is 0 Å². The molecule has 0 bridgehead atoms. The summed E-state index contributed by atoms with van der Waals surface area (Å²) < 4.78 is 1.88. The van der Waals surface area contributed by atoms with Crippen LogP contribution in [0, 0.1) is 0 Å². The second kappa shape index (κ2) is 10.9. The molecule has 0 aliphatic rings. The number of nitrogens with one attached hydrogen (secondary N) is 2. The highest BCUT2D eigenvalue weighted by atomic mass is 15.2. The van der Waals surface area contributed by atoms with Crippen LogP contribution in [0.4, 0.5) is 0 Å². The van der Waals surface area contributed by atoms with Crippen LogP contribution in [0.2, 0.25) is 0 Å². The van der Waals surface area contributed by atoms with Gasteiger partial charge in [0.2, 0.25) is 0 Å². The second-order valence-electron chi connectivity index (χ2n) is 7.60. The van der Waals surface area contributed by atoms with Crippen LogP contribution in [0.15, 0.2) is 103 Å². The fraction of sp³-hybridized carbons (Fsp3) is 0.192. The van der Waals surface area contributed by atoms with E-state index < -0.39 is 0 Å². The average molecular weight is 425 g/mol. The fourth-order valence-electron chi connectivity index (χ4n) is 3.63. The molecule has 162 valence electrons. The summed E-state index contributed by atoms with van der Waals surface area (Å²) in [5, 5.41) is 6.89. The molecule has 0 radical (unpaired) electrons. The molecule has 0 saturated heterocycles. The number of pyridine rings is 1. The van der Waals surface area contributed by atoms with Crippen molar-refractivity contribution in [3.05, 3.63) is 114 Å². The molecule has 1 unspecified atom stereocenters. The number of aromatic nitrogens is 3. The average Bonchev–Trinajstić information content (AvgIpc) is 3.40. The van der Waals surface area contributed by atoms with Gasteiger partial charge < -0.3 is 10.6 Å². The highest BCUT2D eigenvalue weighted by Gasteiger charge is 2.13. The van der Waals surface area contributed by atoms with Gasteiger partial charge in [-0.25, -0.2) is 9.97 Å². The highest BCUT2D eigenvalue weighted by molar-refractivity contribution is 5.79. The van der Waals surface area contributed by atoms with Gasteiger partial charge in [-0.1, -0.05) is 66.7 Å². The highest BCUT2D eigenvalue weighted by Crippen LogP contribution is 2.20. The van der Waals surface area contributed by atoms with Crippen molar-refractivity contribution in [2.24, 2.45) is 4.99 Å². The van der Waals surface area contributed by atoms with Crippen molar-refractivity contribution in [2.45, 2.75) is 18.9 Å². The summed E-state index contributed by atoms with van der Waals surface area (Å²) in [7, 11) is 1.80. The first-order valence-corrected chi connectivity index (χ1v) is 10.8. The Bertz CT molecular complexity index is 1090. The van der Waals surface area contributed by atoms with Gasteiger partial charge in [0, 0.05) is 44.6 Å². The minimum absolute atomic E-state index is 0.341. The zero-order chi connectivity index (χ0) is 22.0. The van der Waals surface area contributed by atoms with Crippen molar-refractivity contribution in [2.75, 3.05) is 13.6 Å². The number of nitrogens with zero attached hydrogens (tertiary/aromatic N) is 4. The summed E-state index contributed by atoms with van der Waals surface area (Å²) in [4.78, 5) is 13.0. The number of aliphatic imine (C=N–C) groups is 1. The van der Waals surface area contributed by atoms with E-state index in [4.69, 9.17) is 0 Å². The lowest BCUT2D eigenvalue weighted by Gasteiger charge is -2.20. The fourth-order valence-corrected chi connectivity index (χ4v) is 3.63. The van der Waals surface area contributed by atoms with Crippen LogP contribution >= 0.6 is 0 Å². The molecule has 0 aliphatic carbocycles. The minimum atomic E-state index is 0.341. The molecule has 0 fully saturated rings. The topological polar surface area (TPSA) is 67.1 Å². The predicted octanol–water partition coefficient (Wildman–Crippen LogP) is 3.96. The molecule has 0 aliphatic heterocycles. The molecule has 2 N–H and O–H groups in total. The van der Waals surface area contributed by atoms with Crippen LogP contribution in [0.5, 0.6) is 0 Å². The SMILES string of the molecule is CN=C(NCc1ccc(-n2ccnc2)nc1)NCC(Cc1ccccc1)c1ccccc1. The van der Waals surface area contributed by atoms with Crippen LogP contribution in [0.3, 0.4) is 0 Å². The Morgan fingerprint density at radius 1 is 0.938 bits per heavy atom. The lowest BCUT2D eigenvalue weighted by Crippen LogP contribution is -2.39. The van der Waals surface area contributed by atoms with Crippen LogP contribution in [-0.2, 0) is 13.0 Å². The Kier molecular flexibility index (Phi) is 7.26. The molecule has 4 aromatic rings. The van der Waals surface area contributed by atoms with E-state index in [1.807, 2.05) is 23.0 Å². The zero-order valence-corrected chi connectivity index (χ0v) is 18.2. The number of hydrogen-bond donors (Lipinski definition) is 2. The Hall–Kier alpha value is -3.93. The van der Waals surface area contributed by atoms with E-state index >= 15 is 0 Å². The molecular weight excluding hydrogens is 396 g/mol. The Balaban J connectivity index is 1.35. The first-order valence-electron chi connectivity index (χ1n) is 10.8. The molecule has 6 heteroatoms. The predicted molar refractivity (Wildman–Crippen MR) is 129 cm³/mol. The smallest absolute Gasteiger partial charge is 0.191 e. The molecule has 2 aromatic heterocycles. The second-order valence-corrected chi connectivity index (χ2v) is 7.60. The van der Waals surface area contributed by atoms with Gasteiger partial charge in [-0.05, 0) is 29.2 Å². The molecule has 0 spiro atoms. The maximum atomic E-state index is 4.51. The molecule has 0 saturated carbocycles. The van der Waals surface area contributed by atoms with Crippen LogP contribution < -0.4 is 10.6 Å². The van der Waals surface area contributed by atoms with E-state index in [0.29, 0.717) is 12.5 Å². The van der Waals surface area contributed by atoms with Gasteiger partial charge in [-0.15, -0.1) is 0 Å². The van der Waals surface area contributed by atoms with E-state index in [1.54, 1.807) is 19.6 Å². The minimum Gasteiger partial charge on any atom is -0.356 e. The number of guanidine groups is 1. The van der Waals surface area contributed by atoms with Crippen molar-refractivity contribution in [3.8, 4) is 5.82 Å². The molecule has 1 atom stereocenters. The first-order chi connectivity index (χ1) is 15.8. The standard InChI is InChI=1S/C26H28N6/c1-27-26(30-18-22-12-13-25(29-17-22)32-15-14-28-20-32)31-19-24(23-10-6-3-7-11-23)16-21-8-4-2-5-9-21/h2-15,17,20,24H,16,18-19H2,1H3,(H2,27,30,31). The molecule has 32 heavy (non-hydrogen) atoms. The molecular formula is C26H28N6. The van der Waals surface area contributed by atoms with E-state index in [-0.39, 0.29) is 0 Å². The third-order valence-electron chi connectivity index (χ3n) is 5.37. The summed E-state index contributed by atoms with van der Waals surface area (Å²) in [6.07, 6.45) is 8.20. The van der Waals surface area contributed by atoms with E-state index in [1.165, 1.54) is 11.1 Å². The molecule has 6 nitrogen and oxygen atoms in total. The lowest BCUT2D eigenvalue weighted by atomic mass is 9.92. The zero-order valence-electron chi connectivity index (χ0n) is 18.2. The Morgan fingerprint density at radius 3 is 2.38 bits per heavy atom. The molecule has 4 rings (SSSR count). The lowest BCUT2D eigenvalue weighted by molar-refractivity contribution is 0.644. The maximum Gasteiger partial charge on any atom is 0.191 e. The van der Waals surface area contributed by atoms with Crippen LogP contribution in [-0.4, -0.2) is 34.1 Å². The molecule has 2 aromatic carbocycles. The van der Waals surface area contributed by atoms with Gasteiger partial charge in [0.05, 0.1) is 0 Å². The van der Waals surface area contributed by atoms with Gasteiger partial charge in [-0.2, -0.15) is 0 Å². The summed E-state index contributed by atoms with van der Waals surface area (Å²) in [6, 6.07) is 25.3. The third-order valence-corrected chi connectivity index (χ3v) is 5.37. The Morgan fingerprint density at radius 2 is 1.72 bits per heavy atom. The van der Waals surface area contributed by atoms with Crippen molar-refractivity contribution in [1.82, 2.24) is 25.2 Å². The first kappa shape index (κ1) is 21.3. The normalized spacial score (nSPS) is 12.3. The van der Waals surface area contributed by atoms with Crippen LogP contribution in [0.1, 0.15) is 22.6 Å². The van der Waals surface area contributed by atoms with Crippen molar-refractivity contribution >= 4 is 5.96 Å². The van der Waals surface area contributed by atoms with E-state index in [0.717, 1.165) is 30.3 Å². The summed E-state index contributed by atoms with van der Waals surface area (Å²) in [6.45, 7) is 1.43. The van der Waals surface area contributed by atoms with Gasteiger partial charge in [0.1, 0.15) is 12.1 Å². The van der Waals surface area contributed by atoms with Crippen LogP contribution in [0.25, 0.3) is 5.82 Å². The van der Waals surface area contributed by atoms with Gasteiger partial charge in [0.15, 0.2) is 5.96 Å².